The number of hydrogen-bond acceptors (Lipinski definition) is 10. The summed E-state index contributed by atoms with van der Waals surface area (Å²) in [6.45, 7) is 8.28. The lowest BCUT2D eigenvalue weighted by molar-refractivity contribution is 0.659. The molecule has 0 spiro atoms. The van der Waals surface area contributed by atoms with Gasteiger partial charge in [0.2, 0.25) is 0 Å². The van der Waals surface area contributed by atoms with Gasteiger partial charge in [-0.05, 0) is 62.1 Å². The SMILES string of the molecule is CCCCCCCSc1ncc(-c2ccc(S[C@H](C)C#N)cc2)cn1.CCCCCCSc1ncc(-c2ccc(S[C@H](C)C#N)cc2)cn1. The van der Waals surface area contributed by atoms with Crippen LogP contribution in [0.2, 0.25) is 0 Å². The van der Waals surface area contributed by atoms with Crippen molar-refractivity contribution in [1.82, 2.24) is 19.9 Å². The number of rotatable bonds is 19. The van der Waals surface area contributed by atoms with E-state index in [0.717, 1.165) is 53.9 Å². The third-order valence-corrected chi connectivity index (χ3v) is 11.3. The molecule has 2 aromatic carbocycles. The van der Waals surface area contributed by atoms with Crippen molar-refractivity contribution < 1.29 is 0 Å². The van der Waals surface area contributed by atoms with Crippen molar-refractivity contribution in [2.75, 3.05) is 11.5 Å². The maximum Gasteiger partial charge on any atom is 0.187 e. The van der Waals surface area contributed by atoms with Crippen molar-refractivity contribution in [2.45, 2.75) is 116 Å². The number of thioether (sulfide) groups is 4. The van der Waals surface area contributed by atoms with Gasteiger partial charge in [0, 0.05) is 57.2 Å². The van der Waals surface area contributed by atoms with Crippen LogP contribution in [0.4, 0.5) is 0 Å². The van der Waals surface area contributed by atoms with Crippen LogP contribution >= 0.6 is 47.0 Å². The van der Waals surface area contributed by atoms with Gasteiger partial charge >= 0.3 is 0 Å². The van der Waals surface area contributed by atoms with E-state index in [2.05, 4.69) is 70.2 Å². The van der Waals surface area contributed by atoms with Gasteiger partial charge in [0.25, 0.3) is 0 Å². The number of nitrogens with zero attached hydrogens (tertiary/aromatic N) is 6. The summed E-state index contributed by atoms with van der Waals surface area (Å²) in [5, 5.41) is 19.4. The molecule has 10 heteroatoms. The van der Waals surface area contributed by atoms with E-state index in [1.54, 1.807) is 47.0 Å². The standard InChI is InChI=1S/C20H25N3S2.C19H23N3S2/c1-3-4-5-6-7-12-24-20-22-14-18(15-23-20)17-8-10-19(11-9-17)25-16(2)13-21;1-3-4-5-6-11-23-19-21-13-17(14-22-19)16-7-9-18(10-8-16)24-15(2)12-20/h8-11,14-16H,3-7,12H2,1-2H3;7-10,13-15H,3-6,11H2,1-2H3/t16-;15-/m11/s1. The van der Waals surface area contributed by atoms with Crippen LogP contribution in [0.1, 0.15) is 85.5 Å². The second kappa shape index (κ2) is 24.2. The van der Waals surface area contributed by atoms with Crippen LogP contribution in [0.5, 0.6) is 0 Å². The van der Waals surface area contributed by atoms with Crippen molar-refractivity contribution in [3.05, 3.63) is 73.3 Å². The van der Waals surface area contributed by atoms with Crippen LogP contribution in [-0.2, 0) is 0 Å². The summed E-state index contributed by atoms with van der Waals surface area (Å²) in [6, 6.07) is 20.9. The zero-order chi connectivity index (χ0) is 35.1. The van der Waals surface area contributed by atoms with Crippen LogP contribution in [-0.4, -0.2) is 41.9 Å². The van der Waals surface area contributed by atoms with E-state index < -0.39 is 0 Å². The highest BCUT2D eigenvalue weighted by Crippen LogP contribution is 2.28. The Kier molecular flexibility index (Phi) is 19.9. The summed E-state index contributed by atoms with van der Waals surface area (Å²) < 4.78 is 0. The third-order valence-electron chi connectivity index (χ3n) is 7.33. The maximum atomic E-state index is 8.88. The molecule has 258 valence electrons. The van der Waals surface area contributed by atoms with E-state index in [0.29, 0.717) is 0 Å². The molecule has 0 saturated carbocycles. The molecular weight excluding hydrogens is 681 g/mol. The molecule has 4 aromatic rings. The first-order valence-electron chi connectivity index (χ1n) is 17.2. The molecule has 2 heterocycles. The van der Waals surface area contributed by atoms with Gasteiger partial charge in [-0.25, -0.2) is 19.9 Å². The highest BCUT2D eigenvalue weighted by molar-refractivity contribution is 8.00. The largest absolute Gasteiger partial charge is 0.230 e. The molecule has 2 aromatic heterocycles. The lowest BCUT2D eigenvalue weighted by atomic mass is 10.1. The van der Waals surface area contributed by atoms with Gasteiger partial charge in [0.1, 0.15) is 0 Å². The van der Waals surface area contributed by atoms with E-state index in [1.807, 2.05) is 62.9 Å². The minimum Gasteiger partial charge on any atom is -0.230 e. The summed E-state index contributed by atoms with van der Waals surface area (Å²) in [5.74, 6) is 2.18. The summed E-state index contributed by atoms with van der Waals surface area (Å²) in [4.78, 5) is 20.1. The lowest BCUT2D eigenvalue weighted by Gasteiger charge is -2.06. The van der Waals surface area contributed by atoms with Crippen molar-refractivity contribution >= 4 is 47.0 Å². The normalized spacial score (nSPS) is 11.9. The van der Waals surface area contributed by atoms with Gasteiger partial charge in [0.05, 0.1) is 22.6 Å². The van der Waals surface area contributed by atoms with E-state index in [1.165, 1.54) is 57.8 Å². The molecule has 4 rings (SSSR count). The molecule has 6 nitrogen and oxygen atoms in total. The van der Waals surface area contributed by atoms with Crippen LogP contribution in [0, 0.1) is 22.7 Å². The van der Waals surface area contributed by atoms with Crippen LogP contribution in [0.25, 0.3) is 22.3 Å². The fourth-order valence-corrected chi connectivity index (χ4v) is 7.63. The molecule has 49 heavy (non-hydrogen) atoms. The van der Waals surface area contributed by atoms with Gasteiger partial charge in [-0.2, -0.15) is 10.5 Å². The summed E-state index contributed by atoms with van der Waals surface area (Å²) in [6.07, 6.45) is 19.1. The number of aromatic nitrogens is 4. The fourth-order valence-electron chi connectivity index (χ4n) is 4.55. The molecule has 0 fully saturated rings. The Morgan fingerprint density at radius 3 is 1.20 bits per heavy atom. The smallest absolute Gasteiger partial charge is 0.187 e. The number of benzene rings is 2. The predicted octanol–water partition coefficient (Wildman–Crippen LogP) is 12.0. The van der Waals surface area contributed by atoms with Crippen LogP contribution in [0.15, 0.2) is 93.4 Å². The first-order chi connectivity index (χ1) is 23.9. The second-order valence-corrected chi connectivity index (χ2v) is 16.5. The van der Waals surface area contributed by atoms with Gasteiger partial charge in [-0.3, -0.25) is 0 Å². The fraction of sp³-hybridized carbons (Fsp3) is 0.436. The summed E-state index contributed by atoms with van der Waals surface area (Å²) in [5.41, 5.74) is 4.25. The molecular formula is C39H48N6S4. The van der Waals surface area contributed by atoms with Gasteiger partial charge in [-0.1, -0.05) is 107 Å². The minimum absolute atomic E-state index is 0.0344. The minimum atomic E-state index is -0.0348. The Morgan fingerprint density at radius 1 is 0.510 bits per heavy atom. The molecule has 0 unspecified atom stereocenters. The number of nitriles is 2. The highest BCUT2D eigenvalue weighted by atomic mass is 32.2. The molecule has 0 bridgehead atoms. The van der Waals surface area contributed by atoms with E-state index in [9.17, 15) is 0 Å². The predicted molar refractivity (Wildman–Crippen MR) is 211 cm³/mol. The van der Waals surface area contributed by atoms with Crippen molar-refractivity contribution in [3.63, 3.8) is 0 Å². The summed E-state index contributed by atoms with van der Waals surface area (Å²) >= 11 is 6.61. The molecule has 0 aliphatic rings. The van der Waals surface area contributed by atoms with Gasteiger partial charge in [-0.15, -0.1) is 23.5 Å². The van der Waals surface area contributed by atoms with E-state index in [4.69, 9.17) is 10.5 Å². The average Bonchev–Trinajstić information content (AvgIpc) is 3.14. The van der Waals surface area contributed by atoms with Gasteiger partial charge in [0.15, 0.2) is 10.3 Å². The Morgan fingerprint density at radius 2 is 0.857 bits per heavy atom. The Labute approximate surface area is 311 Å². The second-order valence-electron chi connectivity index (χ2n) is 11.5. The van der Waals surface area contributed by atoms with Crippen molar-refractivity contribution in [2.24, 2.45) is 0 Å². The molecule has 0 amide bonds. The van der Waals surface area contributed by atoms with Crippen molar-refractivity contribution in [3.8, 4) is 34.4 Å². The third kappa shape index (κ3) is 16.0. The lowest BCUT2D eigenvalue weighted by Crippen LogP contribution is -1.91. The quantitative estimate of drug-likeness (QED) is 0.0527. The van der Waals surface area contributed by atoms with E-state index >= 15 is 0 Å². The Hall–Kier alpha value is -3.02. The Balaban J connectivity index is 0.000000266. The zero-order valence-corrected chi connectivity index (χ0v) is 32.4. The number of unbranched alkanes of at least 4 members (excludes halogenated alkanes) is 7. The molecule has 0 aliphatic heterocycles. The summed E-state index contributed by atoms with van der Waals surface area (Å²) in [7, 11) is 0. The first-order valence-corrected chi connectivity index (χ1v) is 20.9. The van der Waals surface area contributed by atoms with Crippen LogP contribution < -0.4 is 0 Å². The molecule has 0 aliphatic carbocycles. The average molecular weight is 729 g/mol. The molecule has 0 saturated heterocycles. The Bertz CT molecular complexity index is 1550. The monoisotopic (exact) mass is 728 g/mol. The van der Waals surface area contributed by atoms with Gasteiger partial charge < -0.3 is 0 Å². The molecule has 0 N–H and O–H groups in total. The van der Waals surface area contributed by atoms with Crippen molar-refractivity contribution in [1.29, 1.82) is 10.5 Å². The van der Waals surface area contributed by atoms with E-state index in [-0.39, 0.29) is 10.5 Å². The highest BCUT2D eigenvalue weighted by Gasteiger charge is 2.07. The first kappa shape index (κ1) is 40.4. The zero-order valence-electron chi connectivity index (χ0n) is 29.2. The maximum absolute atomic E-state index is 8.88. The molecule has 0 radical (unpaired) electrons. The topological polar surface area (TPSA) is 99.1 Å². The van der Waals surface area contributed by atoms with Crippen LogP contribution in [0.3, 0.4) is 0 Å². The number of hydrogen-bond donors (Lipinski definition) is 0. The molecule has 2 atom stereocenters.